The molecule has 0 aliphatic rings. The van der Waals surface area contributed by atoms with E-state index in [9.17, 15) is 9.59 Å². The van der Waals surface area contributed by atoms with Gasteiger partial charge >= 0.3 is 6.03 Å². The number of nitrogens with one attached hydrogen (secondary N) is 3. The van der Waals surface area contributed by atoms with E-state index in [0.29, 0.717) is 16.9 Å². The van der Waals surface area contributed by atoms with Crippen LogP contribution in [0.1, 0.15) is 21.5 Å². The molecule has 0 unspecified atom stereocenters. The van der Waals surface area contributed by atoms with E-state index in [2.05, 4.69) is 21.2 Å². The maximum Gasteiger partial charge on any atom is 0.323 e. The highest BCUT2D eigenvalue weighted by Gasteiger charge is 2.06. The molecule has 0 bridgehead atoms. The second-order valence-corrected chi connectivity index (χ2v) is 6.13. The van der Waals surface area contributed by atoms with E-state index in [1.54, 1.807) is 42.6 Å². The zero-order valence-electron chi connectivity index (χ0n) is 15.3. The van der Waals surface area contributed by atoms with Crippen LogP contribution < -0.4 is 16.1 Å². The highest BCUT2D eigenvalue weighted by molar-refractivity contribution is 6.00. The SMILES string of the molecule is Cc1ccc(/C=N/NC(=O)c2ccc(NC(=O)Nc3ccccc3)cc2)cc1. The van der Waals surface area contributed by atoms with Crippen LogP contribution in [-0.2, 0) is 0 Å². The zero-order valence-corrected chi connectivity index (χ0v) is 15.3. The standard InChI is InChI=1S/C22H20N4O2/c1-16-7-9-17(10-8-16)15-23-26-21(27)18-11-13-20(14-12-18)25-22(28)24-19-5-3-2-4-6-19/h2-15H,1H3,(H,26,27)(H2,24,25,28)/b23-15+. The van der Waals surface area contributed by atoms with E-state index >= 15 is 0 Å². The molecule has 0 radical (unpaired) electrons. The summed E-state index contributed by atoms with van der Waals surface area (Å²) in [6.07, 6.45) is 1.58. The number of hydrazone groups is 1. The third-order valence-corrected chi connectivity index (χ3v) is 3.89. The quantitative estimate of drug-likeness (QED) is 0.458. The summed E-state index contributed by atoms with van der Waals surface area (Å²) in [6, 6.07) is 23.1. The van der Waals surface area contributed by atoms with Gasteiger partial charge in [-0.25, -0.2) is 10.2 Å². The fourth-order valence-electron chi connectivity index (χ4n) is 2.40. The van der Waals surface area contributed by atoms with Crippen LogP contribution >= 0.6 is 0 Å². The number of anilines is 2. The Bertz CT molecular complexity index is 966. The van der Waals surface area contributed by atoms with Crippen LogP contribution in [0, 0.1) is 6.92 Å². The predicted octanol–water partition coefficient (Wildman–Crippen LogP) is 4.40. The summed E-state index contributed by atoms with van der Waals surface area (Å²) in [4.78, 5) is 24.1. The molecule has 6 heteroatoms. The molecule has 0 saturated heterocycles. The van der Waals surface area contributed by atoms with Gasteiger partial charge in [0.05, 0.1) is 6.21 Å². The number of hydrogen-bond donors (Lipinski definition) is 3. The lowest BCUT2D eigenvalue weighted by Gasteiger charge is -2.08. The van der Waals surface area contributed by atoms with E-state index in [1.165, 1.54) is 0 Å². The van der Waals surface area contributed by atoms with Gasteiger partial charge in [0.25, 0.3) is 5.91 Å². The lowest BCUT2D eigenvalue weighted by molar-refractivity contribution is 0.0955. The van der Waals surface area contributed by atoms with Crippen LogP contribution in [0.3, 0.4) is 0 Å². The van der Waals surface area contributed by atoms with Crippen molar-refractivity contribution in [1.82, 2.24) is 5.43 Å². The number of aryl methyl sites for hydroxylation is 1. The Balaban J connectivity index is 1.52. The Kier molecular flexibility index (Phi) is 6.15. The second-order valence-electron chi connectivity index (χ2n) is 6.13. The molecule has 0 heterocycles. The van der Waals surface area contributed by atoms with Gasteiger partial charge in [-0.3, -0.25) is 4.79 Å². The molecule has 3 N–H and O–H groups in total. The molecule has 140 valence electrons. The number of hydrogen-bond acceptors (Lipinski definition) is 3. The van der Waals surface area contributed by atoms with Crippen molar-refractivity contribution in [2.24, 2.45) is 5.10 Å². The molecule has 0 saturated carbocycles. The maximum absolute atomic E-state index is 12.1. The Morgan fingerprint density at radius 1 is 0.786 bits per heavy atom. The smallest absolute Gasteiger partial charge is 0.308 e. The molecule has 0 aliphatic carbocycles. The zero-order chi connectivity index (χ0) is 19.8. The molecule has 0 aliphatic heterocycles. The van der Waals surface area contributed by atoms with E-state index in [0.717, 1.165) is 11.1 Å². The van der Waals surface area contributed by atoms with Gasteiger partial charge in [0.2, 0.25) is 0 Å². The summed E-state index contributed by atoms with van der Waals surface area (Å²) < 4.78 is 0. The van der Waals surface area contributed by atoms with Gasteiger partial charge in [-0.1, -0.05) is 48.0 Å². The number of nitrogens with zero attached hydrogens (tertiary/aromatic N) is 1. The van der Waals surface area contributed by atoms with Gasteiger partial charge in [-0.05, 0) is 48.9 Å². The molecular formula is C22H20N4O2. The van der Waals surface area contributed by atoms with Gasteiger partial charge in [0, 0.05) is 16.9 Å². The topological polar surface area (TPSA) is 82.6 Å². The minimum absolute atomic E-state index is 0.330. The van der Waals surface area contributed by atoms with Gasteiger partial charge in [-0.2, -0.15) is 5.10 Å². The van der Waals surface area contributed by atoms with E-state index < -0.39 is 0 Å². The van der Waals surface area contributed by atoms with Crippen LogP contribution in [0.25, 0.3) is 0 Å². The number of benzene rings is 3. The Morgan fingerprint density at radius 2 is 1.39 bits per heavy atom. The Morgan fingerprint density at radius 3 is 2.04 bits per heavy atom. The normalized spacial score (nSPS) is 10.5. The lowest BCUT2D eigenvalue weighted by Crippen LogP contribution is -2.20. The molecule has 28 heavy (non-hydrogen) atoms. The molecule has 0 fully saturated rings. The molecule has 3 aromatic rings. The van der Waals surface area contributed by atoms with Crippen LogP contribution in [0.5, 0.6) is 0 Å². The number of para-hydroxylation sites is 1. The summed E-state index contributed by atoms with van der Waals surface area (Å²) >= 11 is 0. The first-order valence-corrected chi connectivity index (χ1v) is 8.73. The largest absolute Gasteiger partial charge is 0.323 e. The number of amides is 3. The molecule has 0 atom stereocenters. The predicted molar refractivity (Wildman–Crippen MR) is 112 cm³/mol. The van der Waals surface area contributed by atoms with Crippen molar-refractivity contribution >= 4 is 29.5 Å². The van der Waals surface area contributed by atoms with Crippen LogP contribution in [0.15, 0.2) is 84.0 Å². The average Bonchev–Trinajstić information content (AvgIpc) is 2.70. The van der Waals surface area contributed by atoms with E-state index in [1.807, 2.05) is 49.4 Å². The van der Waals surface area contributed by atoms with Crippen molar-refractivity contribution in [2.75, 3.05) is 10.6 Å². The van der Waals surface area contributed by atoms with Gasteiger partial charge in [0.15, 0.2) is 0 Å². The molecule has 6 nitrogen and oxygen atoms in total. The molecule has 3 rings (SSSR count). The number of rotatable bonds is 5. The van der Waals surface area contributed by atoms with Crippen molar-refractivity contribution in [3.63, 3.8) is 0 Å². The molecule has 0 aromatic heterocycles. The van der Waals surface area contributed by atoms with Gasteiger partial charge < -0.3 is 10.6 Å². The van der Waals surface area contributed by atoms with E-state index in [4.69, 9.17) is 0 Å². The summed E-state index contributed by atoms with van der Waals surface area (Å²) in [5, 5.41) is 9.40. The number of carbonyl (C=O) groups is 2. The second kappa shape index (κ2) is 9.14. The molecule has 3 amide bonds. The van der Waals surface area contributed by atoms with Crippen molar-refractivity contribution in [1.29, 1.82) is 0 Å². The summed E-state index contributed by atoms with van der Waals surface area (Å²) in [5.41, 5.74) is 6.26. The summed E-state index contributed by atoms with van der Waals surface area (Å²) in [7, 11) is 0. The van der Waals surface area contributed by atoms with Gasteiger partial charge in [-0.15, -0.1) is 0 Å². The molecule has 0 spiro atoms. The van der Waals surface area contributed by atoms with Crippen molar-refractivity contribution in [3.8, 4) is 0 Å². The molecule has 3 aromatic carbocycles. The van der Waals surface area contributed by atoms with Crippen LogP contribution in [0.2, 0.25) is 0 Å². The lowest BCUT2D eigenvalue weighted by atomic mass is 10.2. The first-order chi connectivity index (χ1) is 13.6. The maximum atomic E-state index is 12.1. The third-order valence-electron chi connectivity index (χ3n) is 3.89. The van der Waals surface area contributed by atoms with Crippen molar-refractivity contribution in [2.45, 2.75) is 6.92 Å². The summed E-state index contributed by atoms with van der Waals surface area (Å²) in [5.74, 6) is -0.330. The Hall–Kier alpha value is -3.93. The monoisotopic (exact) mass is 372 g/mol. The van der Waals surface area contributed by atoms with Gasteiger partial charge in [0.1, 0.15) is 0 Å². The number of urea groups is 1. The van der Waals surface area contributed by atoms with Crippen LogP contribution in [-0.4, -0.2) is 18.2 Å². The fraction of sp³-hybridized carbons (Fsp3) is 0.0455. The fourth-order valence-corrected chi connectivity index (χ4v) is 2.40. The third kappa shape index (κ3) is 5.54. The van der Waals surface area contributed by atoms with Crippen molar-refractivity contribution < 1.29 is 9.59 Å². The molecular weight excluding hydrogens is 352 g/mol. The minimum Gasteiger partial charge on any atom is -0.308 e. The van der Waals surface area contributed by atoms with Crippen LogP contribution in [0.4, 0.5) is 16.2 Å². The van der Waals surface area contributed by atoms with E-state index in [-0.39, 0.29) is 11.9 Å². The average molecular weight is 372 g/mol. The summed E-state index contributed by atoms with van der Waals surface area (Å²) in [6.45, 7) is 2.01. The first kappa shape index (κ1) is 18.8. The minimum atomic E-state index is -0.355. The Labute approximate surface area is 163 Å². The highest BCUT2D eigenvalue weighted by atomic mass is 16.2. The highest BCUT2D eigenvalue weighted by Crippen LogP contribution is 2.11. The number of carbonyl (C=O) groups excluding carboxylic acids is 2. The van der Waals surface area contributed by atoms with Crippen molar-refractivity contribution in [3.05, 3.63) is 95.6 Å². The first-order valence-electron chi connectivity index (χ1n) is 8.73.